The molecular weight excluding hydrogens is 452 g/mol. The summed E-state index contributed by atoms with van der Waals surface area (Å²) in [5, 5.41) is 9.26. The normalized spacial score (nSPS) is 28.8. The molecule has 4 aliphatic rings. The zero-order chi connectivity index (χ0) is 24.9. The van der Waals surface area contributed by atoms with Crippen LogP contribution in [-0.4, -0.2) is 45.5 Å². The van der Waals surface area contributed by atoms with E-state index in [9.17, 15) is 14.4 Å². The van der Waals surface area contributed by atoms with Crippen molar-refractivity contribution < 1.29 is 14.4 Å². The molecule has 184 valence electrons. The number of benzene rings is 2. The van der Waals surface area contributed by atoms with Crippen molar-refractivity contribution in [2.45, 2.75) is 50.6 Å². The number of carbonyl (C=O) groups is 3. The molecule has 7 heteroatoms. The van der Waals surface area contributed by atoms with Gasteiger partial charge in [-0.1, -0.05) is 60.7 Å². The molecule has 2 saturated carbocycles. The van der Waals surface area contributed by atoms with E-state index in [1.54, 1.807) is 6.92 Å². The average Bonchev–Trinajstić information content (AvgIpc) is 3.64. The van der Waals surface area contributed by atoms with E-state index < -0.39 is 11.6 Å². The largest absolute Gasteiger partial charge is 0.325 e. The van der Waals surface area contributed by atoms with Gasteiger partial charge in [0.1, 0.15) is 12.1 Å². The zero-order valence-electron chi connectivity index (χ0n) is 20.4. The Morgan fingerprint density at radius 2 is 1.75 bits per heavy atom. The minimum Gasteiger partial charge on any atom is -0.323 e. The smallest absolute Gasteiger partial charge is 0.323 e. The lowest BCUT2D eigenvalue weighted by Crippen LogP contribution is -2.47. The number of amides is 4. The van der Waals surface area contributed by atoms with Crippen LogP contribution in [0.25, 0.3) is 6.08 Å². The molecule has 2 heterocycles. The van der Waals surface area contributed by atoms with Gasteiger partial charge in [-0.15, -0.1) is 0 Å². The van der Waals surface area contributed by atoms with Gasteiger partial charge in [0.2, 0.25) is 0 Å². The van der Waals surface area contributed by atoms with Crippen molar-refractivity contribution in [2.75, 3.05) is 6.54 Å². The Morgan fingerprint density at radius 1 is 1.06 bits per heavy atom. The van der Waals surface area contributed by atoms with E-state index in [-0.39, 0.29) is 36.2 Å². The van der Waals surface area contributed by atoms with Gasteiger partial charge in [0.25, 0.3) is 11.8 Å². The molecule has 7 nitrogen and oxygen atoms in total. The van der Waals surface area contributed by atoms with Gasteiger partial charge in [0.15, 0.2) is 0 Å². The highest BCUT2D eigenvalue weighted by molar-refractivity contribution is 6.10. The maximum absolute atomic E-state index is 13.7. The molecule has 3 unspecified atom stereocenters. The number of urea groups is 1. The monoisotopic (exact) mass is 482 g/mol. The standard InChI is InChI=1S/C29H30N4O3/c1-29(22-15-16-22)27(35)32(28(36)30-29)18-24(34)33-26(20-11-6-3-7-12-20)23-14-8-13-21(25(23)31-33)17-19-9-4-2-5-10-19/h2-7,9-12,17,22-23,26H,8,13-16,18H2,1H3,(H,30,36). The molecule has 4 amide bonds. The predicted molar refractivity (Wildman–Crippen MR) is 137 cm³/mol. The molecule has 2 aliphatic carbocycles. The van der Waals surface area contributed by atoms with Crippen molar-refractivity contribution in [3.8, 4) is 0 Å². The number of hydrogen-bond donors (Lipinski definition) is 1. The van der Waals surface area contributed by atoms with E-state index >= 15 is 0 Å². The quantitative estimate of drug-likeness (QED) is 0.636. The summed E-state index contributed by atoms with van der Waals surface area (Å²) >= 11 is 0. The first-order valence-corrected chi connectivity index (χ1v) is 12.8. The van der Waals surface area contributed by atoms with Gasteiger partial charge in [-0.3, -0.25) is 14.5 Å². The molecule has 3 fully saturated rings. The molecule has 3 atom stereocenters. The van der Waals surface area contributed by atoms with Crippen LogP contribution in [0, 0.1) is 11.8 Å². The highest BCUT2D eigenvalue weighted by atomic mass is 16.2. The fourth-order valence-corrected chi connectivity index (χ4v) is 5.95. The Kier molecular flexibility index (Phi) is 5.51. The molecule has 2 aliphatic heterocycles. The Bertz CT molecular complexity index is 1270. The zero-order valence-corrected chi connectivity index (χ0v) is 20.4. The number of carbonyl (C=O) groups excluding carboxylic acids is 3. The fourth-order valence-electron chi connectivity index (χ4n) is 5.95. The van der Waals surface area contributed by atoms with Crippen molar-refractivity contribution >= 4 is 29.6 Å². The van der Waals surface area contributed by atoms with Crippen LogP contribution in [0.3, 0.4) is 0 Å². The first-order chi connectivity index (χ1) is 17.5. The van der Waals surface area contributed by atoms with Gasteiger partial charge >= 0.3 is 6.03 Å². The average molecular weight is 483 g/mol. The van der Waals surface area contributed by atoms with Crippen molar-refractivity contribution in [1.82, 2.24) is 15.2 Å². The van der Waals surface area contributed by atoms with Crippen LogP contribution < -0.4 is 5.32 Å². The Labute approximate surface area is 210 Å². The van der Waals surface area contributed by atoms with Crippen LogP contribution in [0.2, 0.25) is 0 Å². The number of imide groups is 1. The van der Waals surface area contributed by atoms with Crippen molar-refractivity contribution in [3.05, 3.63) is 77.4 Å². The van der Waals surface area contributed by atoms with Crippen LogP contribution >= 0.6 is 0 Å². The molecule has 6 rings (SSSR count). The summed E-state index contributed by atoms with van der Waals surface area (Å²) in [6, 6.07) is 19.4. The third kappa shape index (κ3) is 3.83. The number of allylic oxidation sites excluding steroid dienone is 1. The van der Waals surface area contributed by atoms with E-state index in [0.29, 0.717) is 0 Å². The van der Waals surface area contributed by atoms with Gasteiger partial charge in [-0.2, -0.15) is 5.10 Å². The first-order valence-electron chi connectivity index (χ1n) is 12.8. The third-order valence-electron chi connectivity index (χ3n) is 8.03. The second-order valence-corrected chi connectivity index (χ2v) is 10.5. The number of nitrogens with zero attached hydrogens (tertiary/aromatic N) is 3. The lowest BCUT2D eigenvalue weighted by Gasteiger charge is -2.30. The van der Waals surface area contributed by atoms with E-state index in [1.807, 2.05) is 48.5 Å². The second-order valence-electron chi connectivity index (χ2n) is 10.5. The van der Waals surface area contributed by atoms with Crippen LogP contribution in [0.4, 0.5) is 4.79 Å². The third-order valence-corrected chi connectivity index (χ3v) is 8.03. The lowest BCUT2D eigenvalue weighted by molar-refractivity contribution is -0.140. The molecule has 0 aromatic heterocycles. The fraction of sp³-hybridized carbons (Fsp3) is 0.379. The Balaban J connectivity index is 1.33. The molecular formula is C29H30N4O3. The highest BCUT2D eigenvalue weighted by Crippen LogP contribution is 2.45. The maximum atomic E-state index is 13.7. The van der Waals surface area contributed by atoms with Gasteiger partial charge in [-0.05, 0) is 67.7 Å². The molecule has 0 bridgehead atoms. The van der Waals surface area contributed by atoms with Crippen LogP contribution in [0.1, 0.15) is 56.2 Å². The van der Waals surface area contributed by atoms with Crippen LogP contribution in [0.5, 0.6) is 0 Å². The van der Waals surface area contributed by atoms with Crippen LogP contribution in [0.15, 0.2) is 71.3 Å². The summed E-state index contributed by atoms with van der Waals surface area (Å²) < 4.78 is 0. The van der Waals surface area contributed by atoms with E-state index in [4.69, 9.17) is 5.10 Å². The molecule has 1 saturated heterocycles. The number of hydrazone groups is 1. The van der Waals surface area contributed by atoms with E-state index in [1.165, 1.54) is 5.01 Å². The van der Waals surface area contributed by atoms with Gasteiger partial charge in [0.05, 0.1) is 11.8 Å². The SMILES string of the molecule is CC1(C2CC2)NC(=O)N(CC(=O)N2N=C3C(=Cc4ccccc4)CCCC3C2c2ccccc2)C1=O. The number of rotatable bonds is 5. The molecule has 0 radical (unpaired) electrons. The minimum atomic E-state index is -0.910. The highest BCUT2D eigenvalue weighted by Gasteiger charge is 2.56. The maximum Gasteiger partial charge on any atom is 0.325 e. The summed E-state index contributed by atoms with van der Waals surface area (Å²) in [6.07, 6.45) is 6.84. The van der Waals surface area contributed by atoms with Crippen molar-refractivity contribution in [2.24, 2.45) is 16.9 Å². The summed E-state index contributed by atoms with van der Waals surface area (Å²) in [4.78, 5) is 40.7. The second kappa shape index (κ2) is 8.73. The van der Waals surface area contributed by atoms with E-state index in [2.05, 4.69) is 23.5 Å². The topological polar surface area (TPSA) is 82.1 Å². The van der Waals surface area contributed by atoms with Gasteiger partial charge in [0, 0.05) is 5.92 Å². The minimum absolute atomic E-state index is 0.0694. The van der Waals surface area contributed by atoms with E-state index in [0.717, 1.165) is 59.4 Å². The van der Waals surface area contributed by atoms with Crippen molar-refractivity contribution in [3.63, 3.8) is 0 Å². The van der Waals surface area contributed by atoms with Gasteiger partial charge in [-0.25, -0.2) is 9.80 Å². The summed E-state index contributed by atoms with van der Waals surface area (Å²) in [5.74, 6) is -0.437. The first kappa shape index (κ1) is 22.7. The number of hydrogen-bond acceptors (Lipinski definition) is 4. The van der Waals surface area contributed by atoms with Crippen LogP contribution in [-0.2, 0) is 9.59 Å². The summed E-state index contributed by atoms with van der Waals surface area (Å²) in [6.45, 7) is 1.46. The number of fused-ring (bicyclic) bond motifs is 1. The molecule has 36 heavy (non-hydrogen) atoms. The lowest BCUT2D eigenvalue weighted by atomic mass is 9.77. The summed E-state index contributed by atoms with van der Waals surface area (Å²) in [7, 11) is 0. The Hall–Kier alpha value is -3.74. The molecule has 0 spiro atoms. The molecule has 1 N–H and O–H groups in total. The van der Waals surface area contributed by atoms with Crippen molar-refractivity contribution in [1.29, 1.82) is 0 Å². The number of nitrogens with one attached hydrogen (secondary N) is 1. The summed E-state index contributed by atoms with van der Waals surface area (Å²) in [5.41, 5.74) is 3.29. The predicted octanol–water partition coefficient (Wildman–Crippen LogP) is 4.53. The van der Waals surface area contributed by atoms with Gasteiger partial charge < -0.3 is 5.32 Å². The Morgan fingerprint density at radius 3 is 2.44 bits per heavy atom. The molecule has 2 aromatic carbocycles. The molecule has 2 aromatic rings.